The molecule has 5 nitrogen and oxygen atoms in total. The highest BCUT2D eigenvalue weighted by molar-refractivity contribution is 6.51. The zero-order valence-electron chi connectivity index (χ0n) is 16.8. The summed E-state index contributed by atoms with van der Waals surface area (Å²) in [5.74, 6) is -1.69. The zero-order valence-corrected chi connectivity index (χ0v) is 17.5. The number of carbonyl (C=O) groups excluding carboxylic acids is 2. The van der Waals surface area contributed by atoms with Crippen LogP contribution < -0.4 is 4.90 Å². The maximum Gasteiger partial charge on any atom is 0.300 e. The Morgan fingerprint density at radius 2 is 1.66 bits per heavy atom. The third-order valence-corrected chi connectivity index (χ3v) is 5.85. The van der Waals surface area contributed by atoms with Gasteiger partial charge in [0.1, 0.15) is 5.76 Å². The van der Waals surface area contributed by atoms with Crippen molar-refractivity contribution in [3.05, 3.63) is 113 Å². The topological polar surface area (TPSA) is 70.5 Å². The van der Waals surface area contributed by atoms with Crippen molar-refractivity contribution in [3.63, 3.8) is 0 Å². The third-order valence-electron chi connectivity index (χ3n) is 5.59. The largest absolute Gasteiger partial charge is 0.507 e. The predicted molar refractivity (Wildman–Crippen MR) is 124 cm³/mol. The van der Waals surface area contributed by atoms with Crippen LogP contribution in [0.1, 0.15) is 17.2 Å². The van der Waals surface area contributed by atoms with E-state index in [9.17, 15) is 14.7 Å². The van der Waals surface area contributed by atoms with E-state index in [0.717, 1.165) is 10.8 Å². The number of hydrogen-bond acceptors (Lipinski definition) is 4. The van der Waals surface area contributed by atoms with E-state index in [4.69, 9.17) is 11.6 Å². The van der Waals surface area contributed by atoms with Gasteiger partial charge in [-0.25, -0.2) is 0 Å². The second kappa shape index (κ2) is 7.94. The molecule has 1 aliphatic rings. The van der Waals surface area contributed by atoms with Gasteiger partial charge in [-0.15, -0.1) is 0 Å². The first-order chi connectivity index (χ1) is 15.6. The van der Waals surface area contributed by atoms with E-state index in [0.29, 0.717) is 21.8 Å². The molecule has 0 aliphatic carbocycles. The number of carbonyl (C=O) groups is 2. The predicted octanol–water partition coefficient (Wildman–Crippen LogP) is 5.51. The average molecular weight is 441 g/mol. The fourth-order valence-electron chi connectivity index (χ4n) is 4.13. The molecule has 4 aromatic rings. The zero-order chi connectivity index (χ0) is 22.2. The van der Waals surface area contributed by atoms with Gasteiger partial charge in [-0.3, -0.25) is 19.5 Å². The Balaban J connectivity index is 1.77. The van der Waals surface area contributed by atoms with Gasteiger partial charge in [0, 0.05) is 28.7 Å². The molecule has 6 heteroatoms. The average Bonchev–Trinajstić information content (AvgIpc) is 3.10. The lowest BCUT2D eigenvalue weighted by Gasteiger charge is -2.25. The number of amides is 1. The minimum Gasteiger partial charge on any atom is -0.507 e. The number of aliphatic hydroxyl groups excluding tert-OH is 1. The number of fused-ring (bicyclic) bond motifs is 1. The highest BCUT2D eigenvalue weighted by Gasteiger charge is 2.47. The Kier molecular flexibility index (Phi) is 4.96. The number of pyridine rings is 1. The van der Waals surface area contributed by atoms with Crippen molar-refractivity contribution < 1.29 is 14.7 Å². The van der Waals surface area contributed by atoms with Crippen molar-refractivity contribution in [1.82, 2.24) is 4.98 Å². The van der Waals surface area contributed by atoms with Crippen LogP contribution in [-0.2, 0) is 9.59 Å². The summed E-state index contributed by atoms with van der Waals surface area (Å²) in [5.41, 5.74) is 1.63. The Labute approximate surface area is 189 Å². The molecule has 1 unspecified atom stereocenters. The SMILES string of the molecule is O=C1C(=O)N(c2ccc(Cl)cc2)C(c2cccnc2)/C1=C(/O)c1cccc2ccccc12. The first-order valence-electron chi connectivity index (χ1n) is 10.0. The molecule has 1 amide bonds. The maximum absolute atomic E-state index is 13.2. The molecule has 1 aromatic heterocycles. The fraction of sp³-hybridized carbons (Fsp3) is 0.0385. The summed E-state index contributed by atoms with van der Waals surface area (Å²) in [4.78, 5) is 31.9. The molecule has 0 saturated carbocycles. The number of anilines is 1. The van der Waals surface area contributed by atoms with Gasteiger partial charge < -0.3 is 5.11 Å². The first kappa shape index (κ1) is 20.0. The number of aromatic nitrogens is 1. The summed E-state index contributed by atoms with van der Waals surface area (Å²) >= 11 is 6.02. The van der Waals surface area contributed by atoms with E-state index in [1.54, 1.807) is 54.9 Å². The van der Waals surface area contributed by atoms with Crippen LogP contribution in [0, 0.1) is 0 Å². The first-order valence-corrected chi connectivity index (χ1v) is 10.4. The van der Waals surface area contributed by atoms with Gasteiger partial charge in [0.15, 0.2) is 0 Å². The summed E-state index contributed by atoms with van der Waals surface area (Å²) in [7, 11) is 0. The monoisotopic (exact) mass is 440 g/mol. The molecule has 0 spiro atoms. The van der Waals surface area contributed by atoms with Crippen molar-refractivity contribution in [2.24, 2.45) is 0 Å². The molecular formula is C26H17ClN2O3. The number of ketones is 1. The third kappa shape index (κ3) is 3.24. The Hall–Kier alpha value is -3.96. The molecule has 1 aliphatic heterocycles. The smallest absolute Gasteiger partial charge is 0.300 e. The standard InChI is InChI=1S/C26H17ClN2O3/c27-18-10-12-19(13-11-18)29-23(17-7-4-14-28-15-17)22(25(31)26(29)32)24(30)21-9-3-6-16-5-1-2-8-20(16)21/h1-15,23,30H/b24-22-. The number of benzene rings is 3. The highest BCUT2D eigenvalue weighted by atomic mass is 35.5. The van der Waals surface area contributed by atoms with Crippen LogP contribution in [0.15, 0.2) is 96.8 Å². The van der Waals surface area contributed by atoms with E-state index in [1.165, 1.54) is 4.90 Å². The second-order valence-corrected chi connectivity index (χ2v) is 7.90. The van der Waals surface area contributed by atoms with Gasteiger partial charge in [-0.1, -0.05) is 60.1 Å². The molecule has 1 atom stereocenters. The van der Waals surface area contributed by atoms with Gasteiger partial charge >= 0.3 is 0 Å². The van der Waals surface area contributed by atoms with Gasteiger partial charge in [0.05, 0.1) is 11.6 Å². The molecule has 156 valence electrons. The number of halogens is 1. The molecule has 5 rings (SSSR count). The molecule has 32 heavy (non-hydrogen) atoms. The van der Waals surface area contributed by atoms with Crippen molar-refractivity contribution >= 4 is 45.5 Å². The maximum atomic E-state index is 13.2. The Morgan fingerprint density at radius 1 is 0.906 bits per heavy atom. The summed E-state index contributed by atoms with van der Waals surface area (Å²) in [5, 5.41) is 13.6. The lowest BCUT2D eigenvalue weighted by Crippen LogP contribution is -2.29. The molecule has 2 heterocycles. The van der Waals surface area contributed by atoms with Gasteiger partial charge in [-0.2, -0.15) is 0 Å². The Bertz CT molecular complexity index is 1380. The molecular weight excluding hydrogens is 424 g/mol. The lowest BCUT2D eigenvalue weighted by molar-refractivity contribution is -0.132. The van der Waals surface area contributed by atoms with Gasteiger partial charge in [-0.05, 0) is 46.7 Å². The number of nitrogens with zero attached hydrogens (tertiary/aromatic N) is 2. The van der Waals surface area contributed by atoms with Crippen LogP contribution >= 0.6 is 11.6 Å². The normalized spacial score (nSPS) is 17.8. The Morgan fingerprint density at radius 3 is 2.41 bits per heavy atom. The number of aliphatic hydroxyl groups is 1. The van der Waals surface area contributed by atoms with Crippen LogP contribution in [0.4, 0.5) is 5.69 Å². The summed E-state index contributed by atoms with van der Waals surface area (Å²) in [6.07, 6.45) is 3.21. The van der Waals surface area contributed by atoms with E-state index in [2.05, 4.69) is 4.98 Å². The van der Waals surface area contributed by atoms with Gasteiger partial charge in [0.25, 0.3) is 11.7 Å². The van der Waals surface area contributed by atoms with Crippen molar-refractivity contribution in [3.8, 4) is 0 Å². The minimum atomic E-state index is -0.830. The second-order valence-electron chi connectivity index (χ2n) is 7.46. The summed E-state index contributed by atoms with van der Waals surface area (Å²) in [6.45, 7) is 0. The summed E-state index contributed by atoms with van der Waals surface area (Å²) in [6, 6.07) is 22.4. The highest BCUT2D eigenvalue weighted by Crippen LogP contribution is 2.42. The van der Waals surface area contributed by atoms with Crippen LogP contribution in [0.3, 0.4) is 0 Å². The van der Waals surface area contributed by atoms with Crippen molar-refractivity contribution in [2.45, 2.75) is 6.04 Å². The van der Waals surface area contributed by atoms with Crippen LogP contribution in [-0.4, -0.2) is 21.8 Å². The summed E-state index contributed by atoms with van der Waals surface area (Å²) < 4.78 is 0. The van der Waals surface area contributed by atoms with Gasteiger partial charge in [0.2, 0.25) is 0 Å². The quantitative estimate of drug-likeness (QED) is 0.259. The number of hydrogen-bond donors (Lipinski definition) is 1. The fourth-order valence-corrected chi connectivity index (χ4v) is 4.26. The molecule has 0 bridgehead atoms. The number of Topliss-reactive ketones (excluding diaryl/α,β-unsaturated/α-hetero) is 1. The molecule has 0 radical (unpaired) electrons. The van der Waals surface area contributed by atoms with E-state index >= 15 is 0 Å². The number of rotatable bonds is 3. The van der Waals surface area contributed by atoms with Crippen LogP contribution in [0.5, 0.6) is 0 Å². The van der Waals surface area contributed by atoms with Crippen molar-refractivity contribution in [1.29, 1.82) is 0 Å². The van der Waals surface area contributed by atoms with E-state index in [1.807, 2.05) is 36.4 Å². The molecule has 1 fully saturated rings. The van der Waals surface area contributed by atoms with E-state index < -0.39 is 17.7 Å². The van der Waals surface area contributed by atoms with Crippen LogP contribution in [0.25, 0.3) is 16.5 Å². The molecule has 1 saturated heterocycles. The minimum absolute atomic E-state index is 0.0225. The van der Waals surface area contributed by atoms with Crippen LogP contribution in [0.2, 0.25) is 5.02 Å². The van der Waals surface area contributed by atoms with Crippen molar-refractivity contribution in [2.75, 3.05) is 4.90 Å². The molecule has 3 aromatic carbocycles. The lowest BCUT2D eigenvalue weighted by atomic mass is 9.94. The van der Waals surface area contributed by atoms with E-state index in [-0.39, 0.29) is 11.3 Å². The molecule has 1 N–H and O–H groups in total.